The minimum atomic E-state index is -0.584. The van der Waals surface area contributed by atoms with Crippen LogP contribution < -0.4 is 0 Å². The number of rotatable bonds is 7. The summed E-state index contributed by atoms with van der Waals surface area (Å²) in [5.41, 5.74) is 3.89. The molecular formula is C36H43FN6O3. The number of aromatic nitrogens is 4. The van der Waals surface area contributed by atoms with E-state index in [1.807, 2.05) is 62.2 Å². The number of carbonyl (C=O) groups is 2. The predicted molar refractivity (Wildman–Crippen MR) is 175 cm³/mol. The van der Waals surface area contributed by atoms with Crippen LogP contribution in [-0.2, 0) is 9.53 Å². The molecule has 10 heteroatoms. The van der Waals surface area contributed by atoms with Crippen LogP contribution in [0.1, 0.15) is 90.5 Å². The third-order valence-electron chi connectivity index (χ3n) is 8.65. The molecule has 0 radical (unpaired) electrons. The first-order valence-electron chi connectivity index (χ1n) is 16.3. The topological polar surface area (TPSA) is 107 Å². The van der Waals surface area contributed by atoms with Crippen LogP contribution >= 0.6 is 0 Å². The van der Waals surface area contributed by atoms with Crippen LogP contribution in [0.5, 0.6) is 0 Å². The number of carbonyl (C=O) groups excluding carboxylic acids is 2. The summed E-state index contributed by atoms with van der Waals surface area (Å²) in [6.45, 7) is 11.0. The van der Waals surface area contributed by atoms with Crippen molar-refractivity contribution in [3.05, 3.63) is 72.3 Å². The number of imidazole rings is 2. The number of hydrogen-bond acceptors (Lipinski definition) is 5. The lowest BCUT2D eigenvalue weighted by Gasteiger charge is -2.27. The number of ether oxygens (including phenoxy) is 1. The van der Waals surface area contributed by atoms with Crippen LogP contribution in [-0.4, -0.2) is 60.4 Å². The van der Waals surface area contributed by atoms with Crippen molar-refractivity contribution in [2.75, 3.05) is 13.1 Å². The molecule has 0 spiro atoms. The number of H-pyrrole nitrogens is 2. The highest BCUT2D eigenvalue weighted by Crippen LogP contribution is 2.35. The lowest BCUT2D eigenvalue weighted by Crippen LogP contribution is -2.36. The van der Waals surface area contributed by atoms with Gasteiger partial charge in [0.2, 0.25) is 5.91 Å². The molecule has 4 aromatic rings. The average Bonchev–Trinajstić information content (AvgIpc) is 3.82. The number of benzene rings is 2. The van der Waals surface area contributed by atoms with E-state index < -0.39 is 5.60 Å². The number of halogens is 1. The highest BCUT2D eigenvalue weighted by molar-refractivity contribution is 5.77. The van der Waals surface area contributed by atoms with Crippen molar-refractivity contribution in [3.63, 3.8) is 0 Å². The van der Waals surface area contributed by atoms with Gasteiger partial charge in [0, 0.05) is 25.1 Å². The van der Waals surface area contributed by atoms with Crippen LogP contribution in [0.4, 0.5) is 9.18 Å². The molecule has 0 bridgehead atoms. The molecule has 4 heterocycles. The van der Waals surface area contributed by atoms with Crippen molar-refractivity contribution in [1.82, 2.24) is 29.7 Å². The van der Waals surface area contributed by atoms with Gasteiger partial charge in [0.25, 0.3) is 0 Å². The number of hydrogen-bond donors (Lipinski definition) is 2. The number of aromatic amines is 2. The van der Waals surface area contributed by atoms with E-state index in [9.17, 15) is 9.59 Å². The van der Waals surface area contributed by atoms with E-state index in [0.29, 0.717) is 36.0 Å². The van der Waals surface area contributed by atoms with Crippen LogP contribution in [0.2, 0.25) is 0 Å². The summed E-state index contributed by atoms with van der Waals surface area (Å²) < 4.78 is 21.1. The molecule has 0 unspecified atom stereocenters. The van der Waals surface area contributed by atoms with Crippen molar-refractivity contribution in [2.24, 2.45) is 5.92 Å². The van der Waals surface area contributed by atoms with Crippen LogP contribution in [0.15, 0.2) is 54.9 Å². The normalized spacial score (nSPS) is 18.5. The Balaban J connectivity index is 1.14. The SMILES string of the molecule is CC(C)CC(=O)N1CCC[C@H]1c1ncc(-c2ccc(-c3ccc(-c4cnc([C@@H]5CCCN5C(=O)OC(C)(C)C)[nH]4)c(F)c3)cc2)[nH]1. The molecule has 6 rings (SSSR count). The second kappa shape index (κ2) is 12.7. The number of likely N-dealkylation sites (tertiary alicyclic amines) is 2. The van der Waals surface area contributed by atoms with E-state index in [1.54, 1.807) is 17.2 Å². The summed E-state index contributed by atoms with van der Waals surface area (Å²) >= 11 is 0. The standard InChI is InChI=1S/C36H43FN6O3/c1-22(2)18-32(44)42-16-6-8-30(42)33-38-20-28(40-33)24-12-10-23(11-13-24)25-14-15-26(27(37)19-25)29-21-39-34(41-29)31-9-7-17-43(31)35(45)46-36(3,4)5/h10-15,19-22,30-31H,6-9,16-18H2,1-5H3,(H,38,40)(H,39,41)/t30-,31-/m0/s1. The molecule has 242 valence electrons. The molecule has 2 saturated heterocycles. The summed E-state index contributed by atoms with van der Waals surface area (Å²) in [4.78, 5) is 45.0. The van der Waals surface area contributed by atoms with Crippen LogP contribution in [0.25, 0.3) is 33.6 Å². The van der Waals surface area contributed by atoms with Gasteiger partial charge in [-0.15, -0.1) is 0 Å². The van der Waals surface area contributed by atoms with Gasteiger partial charge in [-0.1, -0.05) is 44.2 Å². The van der Waals surface area contributed by atoms with Gasteiger partial charge < -0.3 is 19.6 Å². The summed E-state index contributed by atoms with van der Waals surface area (Å²) in [5, 5.41) is 0. The zero-order valence-electron chi connectivity index (χ0n) is 27.3. The lowest BCUT2D eigenvalue weighted by atomic mass is 10.0. The Bertz CT molecular complexity index is 1700. The average molecular weight is 627 g/mol. The number of amides is 2. The Morgan fingerprint density at radius 3 is 2.07 bits per heavy atom. The van der Waals surface area contributed by atoms with E-state index in [0.717, 1.165) is 60.4 Å². The third-order valence-corrected chi connectivity index (χ3v) is 8.65. The molecule has 9 nitrogen and oxygen atoms in total. The van der Waals surface area contributed by atoms with Gasteiger partial charge in [-0.3, -0.25) is 9.69 Å². The van der Waals surface area contributed by atoms with E-state index in [-0.39, 0.29) is 29.9 Å². The zero-order chi connectivity index (χ0) is 32.6. The smallest absolute Gasteiger partial charge is 0.410 e. The Hall–Kier alpha value is -4.47. The zero-order valence-corrected chi connectivity index (χ0v) is 27.3. The lowest BCUT2D eigenvalue weighted by molar-refractivity contribution is -0.133. The van der Waals surface area contributed by atoms with Gasteiger partial charge in [0.05, 0.1) is 35.9 Å². The molecule has 2 atom stereocenters. The van der Waals surface area contributed by atoms with Gasteiger partial charge in [-0.05, 0) is 81.2 Å². The number of nitrogens with zero attached hydrogens (tertiary/aromatic N) is 4. The fourth-order valence-corrected chi connectivity index (χ4v) is 6.46. The minimum Gasteiger partial charge on any atom is -0.444 e. The minimum absolute atomic E-state index is 0.0196. The van der Waals surface area contributed by atoms with Crippen LogP contribution in [0.3, 0.4) is 0 Å². The Labute approximate surface area is 269 Å². The second-order valence-corrected chi connectivity index (χ2v) is 13.8. The summed E-state index contributed by atoms with van der Waals surface area (Å²) in [7, 11) is 0. The molecular weight excluding hydrogens is 583 g/mol. The maximum atomic E-state index is 15.5. The number of nitrogens with one attached hydrogen (secondary N) is 2. The molecule has 2 amide bonds. The first-order valence-corrected chi connectivity index (χ1v) is 16.3. The van der Waals surface area contributed by atoms with Gasteiger partial charge in [-0.25, -0.2) is 19.2 Å². The first-order chi connectivity index (χ1) is 22.0. The van der Waals surface area contributed by atoms with Gasteiger partial charge in [-0.2, -0.15) is 0 Å². The Morgan fingerprint density at radius 1 is 0.870 bits per heavy atom. The molecule has 0 aliphatic carbocycles. The maximum absolute atomic E-state index is 15.5. The molecule has 2 aliphatic rings. The molecule has 2 N–H and O–H groups in total. The third kappa shape index (κ3) is 6.71. The molecule has 46 heavy (non-hydrogen) atoms. The van der Waals surface area contributed by atoms with Crippen molar-refractivity contribution >= 4 is 12.0 Å². The van der Waals surface area contributed by atoms with Crippen molar-refractivity contribution in [1.29, 1.82) is 0 Å². The van der Waals surface area contributed by atoms with Crippen molar-refractivity contribution < 1.29 is 18.7 Å². The van der Waals surface area contributed by atoms with E-state index in [2.05, 4.69) is 33.8 Å². The highest BCUT2D eigenvalue weighted by Gasteiger charge is 2.35. The van der Waals surface area contributed by atoms with E-state index >= 15 is 4.39 Å². The quantitative estimate of drug-likeness (QED) is 0.216. The van der Waals surface area contributed by atoms with Gasteiger partial charge in [0.15, 0.2) is 0 Å². The summed E-state index contributed by atoms with van der Waals surface area (Å²) in [6.07, 6.45) is 7.12. The van der Waals surface area contributed by atoms with E-state index in [4.69, 9.17) is 4.74 Å². The monoisotopic (exact) mass is 626 g/mol. The predicted octanol–water partition coefficient (Wildman–Crippen LogP) is 8.05. The maximum Gasteiger partial charge on any atom is 0.410 e. The first kappa shape index (κ1) is 31.5. The van der Waals surface area contributed by atoms with E-state index in [1.165, 1.54) is 6.07 Å². The van der Waals surface area contributed by atoms with Crippen molar-refractivity contribution in [2.45, 2.75) is 84.4 Å². The summed E-state index contributed by atoms with van der Waals surface area (Å²) in [5.74, 6) is 1.59. The Kier molecular flexibility index (Phi) is 8.72. The molecule has 2 aromatic carbocycles. The summed E-state index contributed by atoms with van der Waals surface area (Å²) in [6, 6.07) is 12.9. The molecule has 2 fully saturated rings. The van der Waals surface area contributed by atoms with Crippen LogP contribution in [0, 0.1) is 11.7 Å². The fraction of sp³-hybridized carbons (Fsp3) is 0.444. The highest BCUT2D eigenvalue weighted by atomic mass is 19.1. The molecule has 2 aliphatic heterocycles. The Morgan fingerprint density at radius 2 is 1.43 bits per heavy atom. The van der Waals surface area contributed by atoms with Gasteiger partial charge in [0.1, 0.15) is 23.1 Å². The van der Waals surface area contributed by atoms with Crippen molar-refractivity contribution in [3.8, 4) is 33.6 Å². The fourth-order valence-electron chi connectivity index (χ4n) is 6.46. The second-order valence-electron chi connectivity index (χ2n) is 13.8. The molecule has 0 saturated carbocycles. The van der Waals surface area contributed by atoms with Gasteiger partial charge >= 0.3 is 6.09 Å². The largest absolute Gasteiger partial charge is 0.444 e. The molecule has 2 aromatic heterocycles.